The first kappa shape index (κ1) is 27.2. The third kappa shape index (κ3) is 6.04. The Balaban J connectivity index is 1.95. The molecule has 1 aromatic heterocycles. The summed E-state index contributed by atoms with van der Waals surface area (Å²) in [6, 6.07) is 7.69. The molecule has 2 aromatic rings. The van der Waals surface area contributed by atoms with Gasteiger partial charge in [-0.25, -0.2) is 4.98 Å². The molecule has 8 nitrogen and oxygen atoms in total. The lowest BCUT2D eigenvalue weighted by atomic mass is 9.84. The zero-order valence-corrected chi connectivity index (χ0v) is 22.3. The predicted octanol–water partition coefficient (Wildman–Crippen LogP) is 4.80. The van der Waals surface area contributed by atoms with Crippen molar-refractivity contribution in [2.45, 2.75) is 66.3 Å². The van der Waals surface area contributed by atoms with Crippen LogP contribution in [0.2, 0.25) is 0 Å². The first-order valence-electron chi connectivity index (χ1n) is 12.6. The highest BCUT2D eigenvalue weighted by Crippen LogP contribution is 2.41. The number of hydrogen-bond acceptors (Lipinski definition) is 6. The maximum absolute atomic E-state index is 13.6. The number of amidine groups is 1. The Morgan fingerprint density at radius 3 is 2.50 bits per heavy atom. The summed E-state index contributed by atoms with van der Waals surface area (Å²) in [5, 5.41) is 17.5. The van der Waals surface area contributed by atoms with E-state index in [1.165, 1.54) is 0 Å². The van der Waals surface area contributed by atoms with Crippen LogP contribution in [0.15, 0.2) is 24.3 Å². The van der Waals surface area contributed by atoms with E-state index >= 15 is 0 Å². The molecule has 0 saturated carbocycles. The van der Waals surface area contributed by atoms with Crippen LogP contribution in [0.1, 0.15) is 80.3 Å². The number of benzene rings is 1. The second-order valence-corrected chi connectivity index (χ2v) is 10.2. The number of fused-ring (bicyclic) bond motifs is 1. The van der Waals surface area contributed by atoms with Gasteiger partial charge in [0.2, 0.25) is 0 Å². The highest BCUT2D eigenvalue weighted by molar-refractivity contribution is 6.05. The summed E-state index contributed by atoms with van der Waals surface area (Å²) in [6.07, 6.45) is 0.447. The molecule has 1 aliphatic rings. The molecule has 0 amide bonds. The van der Waals surface area contributed by atoms with E-state index in [0.717, 1.165) is 35.6 Å². The number of anilines is 1. The minimum atomic E-state index is -0.848. The molecule has 0 spiro atoms. The van der Waals surface area contributed by atoms with Crippen molar-refractivity contribution in [3.8, 4) is 5.75 Å². The van der Waals surface area contributed by atoms with Gasteiger partial charge in [-0.2, -0.15) is 0 Å². The SMILES string of the molecule is CCN(CC)c1cc(C(=O)CN2Cc3ccc(C)nc3C2=N)cc(C(C)(C)C)c1OCCCC(=O)O. The summed E-state index contributed by atoms with van der Waals surface area (Å²) >= 11 is 0. The normalized spacial score (nSPS) is 13.1. The molecule has 0 atom stereocenters. The lowest BCUT2D eigenvalue weighted by molar-refractivity contribution is -0.137. The number of carboxylic acids is 1. The zero-order chi connectivity index (χ0) is 26.6. The van der Waals surface area contributed by atoms with Crippen molar-refractivity contribution in [1.82, 2.24) is 9.88 Å². The number of aliphatic carboxylic acids is 1. The standard InChI is InChI=1S/C28H38N4O4/c1-7-31(8-2)22-15-20(14-21(28(4,5)6)26(22)36-13-9-10-24(34)35)23(33)17-32-16-19-12-11-18(3)30-25(19)27(32)29/h11-12,14-15,29H,7-10,13,16-17H2,1-6H3,(H,34,35). The van der Waals surface area contributed by atoms with Crippen LogP contribution in [-0.4, -0.2) is 58.8 Å². The molecule has 1 aromatic carbocycles. The van der Waals surface area contributed by atoms with Gasteiger partial charge in [0, 0.05) is 48.4 Å². The number of aryl methyl sites for hydroxylation is 1. The molecular weight excluding hydrogens is 456 g/mol. The maximum atomic E-state index is 13.6. The van der Waals surface area contributed by atoms with Gasteiger partial charge in [0.25, 0.3) is 0 Å². The molecule has 0 unspecified atom stereocenters. The van der Waals surface area contributed by atoms with Gasteiger partial charge < -0.3 is 19.6 Å². The Hall–Kier alpha value is -3.42. The lowest BCUT2D eigenvalue weighted by Crippen LogP contribution is -2.31. The van der Waals surface area contributed by atoms with Crippen molar-refractivity contribution in [1.29, 1.82) is 5.41 Å². The van der Waals surface area contributed by atoms with Gasteiger partial charge in [-0.15, -0.1) is 0 Å². The van der Waals surface area contributed by atoms with Crippen LogP contribution in [0.4, 0.5) is 5.69 Å². The minimum absolute atomic E-state index is 0.0422. The molecule has 2 heterocycles. The van der Waals surface area contributed by atoms with Gasteiger partial charge in [0.1, 0.15) is 17.3 Å². The molecule has 36 heavy (non-hydrogen) atoms. The minimum Gasteiger partial charge on any atom is -0.491 e. The molecule has 0 saturated heterocycles. The smallest absolute Gasteiger partial charge is 0.303 e. The summed E-state index contributed by atoms with van der Waals surface area (Å²) in [5.41, 5.74) is 4.47. The number of carbonyl (C=O) groups is 2. The molecular formula is C28H38N4O4. The Kier molecular flexibility index (Phi) is 8.38. The van der Waals surface area contributed by atoms with Gasteiger partial charge in [0.15, 0.2) is 5.78 Å². The number of carboxylic acid groups (broad SMARTS) is 1. The van der Waals surface area contributed by atoms with Crippen molar-refractivity contribution in [2.24, 2.45) is 0 Å². The first-order chi connectivity index (χ1) is 17.0. The van der Waals surface area contributed by atoms with E-state index in [1.54, 1.807) is 4.90 Å². The van der Waals surface area contributed by atoms with Crippen LogP contribution in [0.3, 0.4) is 0 Å². The highest BCUT2D eigenvalue weighted by Gasteiger charge is 2.30. The van der Waals surface area contributed by atoms with Crippen molar-refractivity contribution in [3.63, 3.8) is 0 Å². The number of aromatic nitrogens is 1. The fraction of sp³-hybridized carbons (Fsp3) is 0.500. The van der Waals surface area contributed by atoms with E-state index in [0.29, 0.717) is 30.0 Å². The molecule has 0 bridgehead atoms. The molecule has 8 heteroatoms. The number of nitrogens with zero attached hydrogens (tertiary/aromatic N) is 3. The van der Waals surface area contributed by atoms with Gasteiger partial charge in [-0.3, -0.25) is 15.0 Å². The summed E-state index contributed by atoms with van der Waals surface area (Å²) in [5.74, 6) is 0.0646. The zero-order valence-electron chi connectivity index (χ0n) is 22.3. The molecule has 3 rings (SSSR count). The van der Waals surface area contributed by atoms with Crippen LogP contribution in [0.5, 0.6) is 5.75 Å². The number of nitrogens with one attached hydrogen (secondary N) is 1. The Bertz CT molecular complexity index is 1150. The molecule has 1 aliphatic heterocycles. The topological polar surface area (TPSA) is 107 Å². The number of Topliss-reactive ketones (excluding diaryl/α,β-unsaturated/α-hetero) is 1. The quantitative estimate of drug-likeness (QED) is 0.341. The van der Waals surface area contributed by atoms with E-state index in [1.807, 2.05) is 31.2 Å². The number of rotatable bonds is 11. The van der Waals surface area contributed by atoms with Gasteiger partial charge in [-0.1, -0.05) is 26.8 Å². The van der Waals surface area contributed by atoms with Gasteiger partial charge >= 0.3 is 5.97 Å². The van der Waals surface area contributed by atoms with E-state index in [2.05, 4.69) is 44.5 Å². The summed E-state index contributed by atoms with van der Waals surface area (Å²) < 4.78 is 6.20. The van der Waals surface area contributed by atoms with Crippen molar-refractivity contribution in [2.75, 3.05) is 31.1 Å². The number of ketones is 1. The first-order valence-corrected chi connectivity index (χ1v) is 12.6. The average molecular weight is 495 g/mol. The third-order valence-corrected chi connectivity index (χ3v) is 6.44. The second kappa shape index (κ2) is 11.1. The lowest BCUT2D eigenvalue weighted by Gasteiger charge is -2.31. The van der Waals surface area contributed by atoms with Crippen LogP contribution in [0.25, 0.3) is 0 Å². The Labute approximate surface area is 213 Å². The molecule has 0 radical (unpaired) electrons. The van der Waals surface area contributed by atoms with E-state index in [-0.39, 0.29) is 36.6 Å². The highest BCUT2D eigenvalue weighted by atomic mass is 16.5. The molecule has 194 valence electrons. The van der Waals surface area contributed by atoms with Crippen LogP contribution >= 0.6 is 0 Å². The molecule has 0 fully saturated rings. The fourth-order valence-electron chi connectivity index (χ4n) is 4.43. The fourth-order valence-corrected chi connectivity index (χ4v) is 4.43. The average Bonchev–Trinajstić information content (AvgIpc) is 3.11. The maximum Gasteiger partial charge on any atom is 0.303 e. The number of ether oxygens (including phenoxy) is 1. The summed E-state index contributed by atoms with van der Waals surface area (Å²) in [7, 11) is 0. The Morgan fingerprint density at radius 1 is 1.19 bits per heavy atom. The summed E-state index contributed by atoms with van der Waals surface area (Å²) in [6.45, 7) is 14.6. The number of pyridine rings is 1. The van der Waals surface area contributed by atoms with E-state index < -0.39 is 5.97 Å². The number of hydrogen-bond donors (Lipinski definition) is 2. The van der Waals surface area contributed by atoms with Gasteiger partial charge in [0.05, 0.1) is 18.8 Å². The molecule has 2 N–H and O–H groups in total. The summed E-state index contributed by atoms with van der Waals surface area (Å²) in [4.78, 5) is 32.9. The molecule has 0 aliphatic carbocycles. The Morgan fingerprint density at radius 2 is 1.89 bits per heavy atom. The van der Waals surface area contributed by atoms with Crippen molar-refractivity contribution >= 4 is 23.3 Å². The van der Waals surface area contributed by atoms with E-state index in [9.17, 15) is 9.59 Å². The van der Waals surface area contributed by atoms with Crippen molar-refractivity contribution < 1.29 is 19.4 Å². The van der Waals surface area contributed by atoms with Crippen LogP contribution < -0.4 is 9.64 Å². The second-order valence-electron chi connectivity index (χ2n) is 10.2. The van der Waals surface area contributed by atoms with Gasteiger partial charge in [-0.05, 0) is 50.8 Å². The van der Waals surface area contributed by atoms with Crippen LogP contribution in [0, 0.1) is 12.3 Å². The number of carbonyl (C=O) groups excluding carboxylic acids is 1. The van der Waals surface area contributed by atoms with E-state index in [4.69, 9.17) is 15.3 Å². The predicted molar refractivity (Wildman–Crippen MR) is 142 cm³/mol. The van der Waals surface area contributed by atoms with Crippen LogP contribution in [-0.2, 0) is 16.8 Å². The monoisotopic (exact) mass is 494 g/mol. The van der Waals surface area contributed by atoms with Crippen molar-refractivity contribution in [3.05, 3.63) is 52.3 Å². The third-order valence-electron chi connectivity index (χ3n) is 6.44. The largest absolute Gasteiger partial charge is 0.491 e.